The van der Waals surface area contributed by atoms with Gasteiger partial charge in [0.05, 0.1) is 0 Å². The summed E-state index contributed by atoms with van der Waals surface area (Å²) in [6.45, 7) is 5.59. The third kappa shape index (κ3) is 3.97. The third-order valence-electron chi connectivity index (χ3n) is 6.06. The molecule has 4 rings (SSSR count). The molecule has 1 heterocycles. The minimum atomic E-state index is -0.542. The van der Waals surface area contributed by atoms with Crippen molar-refractivity contribution in [3.63, 3.8) is 0 Å². The molecule has 2 aliphatic carbocycles. The molecule has 27 heavy (non-hydrogen) atoms. The molecule has 1 aliphatic heterocycles. The molecule has 5 atom stereocenters. The fourth-order valence-corrected chi connectivity index (χ4v) is 4.71. The predicted molar refractivity (Wildman–Crippen MR) is 103 cm³/mol. The summed E-state index contributed by atoms with van der Waals surface area (Å²) in [5.74, 6) is 0.969. The van der Waals surface area contributed by atoms with Gasteiger partial charge in [0, 0.05) is 12.1 Å². The summed E-state index contributed by atoms with van der Waals surface area (Å²) in [6, 6.07) is 10.5. The third-order valence-corrected chi connectivity index (χ3v) is 6.06. The van der Waals surface area contributed by atoms with Crippen LogP contribution in [0, 0.1) is 5.92 Å². The number of amides is 2. The van der Waals surface area contributed by atoms with Crippen molar-refractivity contribution in [2.24, 2.45) is 5.92 Å². The molecule has 146 valence electrons. The van der Waals surface area contributed by atoms with E-state index in [4.69, 9.17) is 4.74 Å². The molecule has 1 aromatic carbocycles. The summed E-state index contributed by atoms with van der Waals surface area (Å²) >= 11 is 0. The Balaban J connectivity index is 1.36. The summed E-state index contributed by atoms with van der Waals surface area (Å²) in [5.41, 5.74) is 0.811. The second-order valence-electron chi connectivity index (χ2n) is 9.33. The van der Waals surface area contributed by atoms with Gasteiger partial charge in [0.25, 0.3) is 0 Å². The van der Waals surface area contributed by atoms with E-state index in [0.29, 0.717) is 11.8 Å². The first-order valence-corrected chi connectivity index (χ1v) is 10.2. The van der Waals surface area contributed by atoms with E-state index in [0.717, 1.165) is 32.1 Å². The first kappa shape index (κ1) is 18.3. The number of hydrogen-bond acceptors (Lipinski definition) is 3. The molecule has 1 saturated heterocycles. The zero-order chi connectivity index (χ0) is 19.2. The van der Waals surface area contributed by atoms with Crippen LogP contribution >= 0.6 is 0 Å². The van der Waals surface area contributed by atoms with Gasteiger partial charge in [-0.05, 0) is 70.3 Å². The molecule has 5 heteroatoms. The molecule has 2 saturated carbocycles. The largest absolute Gasteiger partial charge is 0.444 e. The predicted octanol–water partition coefficient (Wildman–Crippen LogP) is 3.84. The fraction of sp³-hybridized carbons (Fsp3) is 0.636. The van der Waals surface area contributed by atoms with E-state index in [1.165, 1.54) is 5.56 Å². The van der Waals surface area contributed by atoms with Crippen molar-refractivity contribution in [2.75, 3.05) is 0 Å². The molecule has 0 aromatic heterocycles. The maximum absolute atomic E-state index is 12.9. The van der Waals surface area contributed by atoms with Crippen molar-refractivity contribution in [3.8, 4) is 0 Å². The highest BCUT2D eigenvalue weighted by molar-refractivity contribution is 5.87. The highest BCUT2D eigenvalue weighted by Gasteiger charge is 2.57. The highest BCUT2D eigenvalue weighted by atomic mass is 16.6. The summed E-state index contributed by atoms with van der Waals surface area (Å²) in [7, 11) is 0. The van der Waals surface area contributed by atoms with Gasteiger partial charge in [0.2, 0.25) is 5.91 Å². The fourth-order valence-electron chi connectivity index (χ4n) is 4.71. The Morgan fingerprint density at radius 3 is 2.52 bits per heavy atom. The lowest BCUT2D eigenvalue weighted by atomic mass is 9.97. The summed E-state index contributed by atoms with van der Waals surface area (Å²) in [4.78, 5) is 27.2. The lowest BCUT2D eigenvalue weighted by Gasteiger charge is -2.30. The zero-order valence-corrected chi connectivity index (χ0v) is 16.5. The van der Waals surface area contributed by atoms with Crippen LogP contribution in [0.4, 0.5) is 4.79 Å². The Morgan fingerprint density at radius 2 is 1.81 bits per heavy atom. The van der Waals surface area contributed by atoms with Crippen LogP contribution in [0.1, 0.15) is 64.4 Å². The van der Waals surface area contributed by atoms with Crippen LogP contribution in [0.5, 0.6) is 0 Å². The normalized spacial score (nSPS) is 32.1. The summed E-state index contributed by atoms with van der Waals surface area (Å²) in [5, 5.41) is 3.22. The molecule has 3 fully saturated rings. The van der Waals surface area contributed by atoms with E-state index < -0.39 is 5.60 Å². The minimum Gasteiger partial charge on any atom is -0.444 e. The Morgan fingerprint density at radius 1 is 1.07 bits per heavy atom. The van der Waals surface area contributed by atoms with Gasteiger partial charge in [0.15, 0.2) is 0 Å². The maximum atomic E-state index is 12.9. The van der Waals surface area contributed by atoms with Crippen molar-refractivity contribution in [1.29, 1.82) is 0 Å². The molecular formula is C22H30N2O3. The van der Waals surface area contributed by atoms with Crippen LogP contribution in [-0.4, -0.2) is 40.6 Å². The molecule has 2 unspecified atom stereocenters. The van der Waals surface area contributed by atoms with Crippen molar-refractivity contribution in [3.05, 3.63) is 35.9 Å². The van der Waals surface area contributed by atoms with Crippen LogP contribution in [0.25, 0.3) is 0 Å². The molecule has 1 N–H and O–H groups in total. The van der Waals surface area contributed by atoms with E-state index in [1.54, 1.807) is 4.90 Å². The Labute approximate surface area is 161 Å². The molecular weight excluding hydrogens is 340 g/mol. The van der Waals surface area contributed by atoms with Gasteiger partial charge in [-0.2, -0.15) is 0 Å². The van der Waals surface area contributed by atoms with Gasteiger partial charge in [0.1, 0.15) is 11.6 Å². The average Bonchev–Trinajstić information content (AvgIpc) is 3.04. The zero-order valence-electron chi connectivity index (χ0n) is 16.5. The first-order valence-electron chi connectivity index (χ1n) is 10.2. The number of nitrogens with zero attached hydrogens (tertiary/aromatic N) is 1. The molecule has 3 aliphatic rings. The van der Waals surface area contributed by atoms with Gasteiger partial charge in [-0.1, -0.05) is 30.3 Å². The van der Waals surface area contributed by atoms with Crippen molar-refractivity contribution < 1.29 is 14.3 Å². The Bertz CT molecular complexity index is 712. The number of hydrogen-bond donors (Lipinski definition) is 1. The number of piperidine rings is 1. The van der Waals surface area contributed by atoms with Crippen LogP contribution in [0.2, 0.25) is 0 Å². The molecule has 5 nitrogen and oxygen atoms in total. The maximum Gasteiger partial charge on any atom is 0.411 e. The van der Waals surface area contributed by atoms with Crippen LogP contribution in [0.3, 0.4) is 0 Å². The van der Waals surface area contributed by atoms with E-state index in [-0.39, 0.29) is 30.1 Å². The van der Waals surface area contributed by atoms with Gasteiger partial charge < -0.3 is 10.1 Å². The second-order valence-corrected chi connectivity index (χ2v) is 9.33. The standard InChI is InChI=1S/C22H30N2O3/c1-22(2,3)27-21(26)24-18-12-16(18)13-19(24)20(25)23-17-10-9-15(11-17)14-7-5-4-6-8-14/h4-8,15-19H,9-13H2,1-3H3,(H,23,25)/t15?,16-,17+,18+,19?/m1/s1. The van der Waals surface area contributed by atoms with Crippen molar-refractivity contribution in [2.45, 2.75) is 82.5 Å². The van der Waals surface area contributed by atoms with Crippen molar-refractivity contribution in [1.82, 2.24) is 10.2 Å². The number of fused-ring (bicyclic) bond motifs is 1. The number of carbonyl (C=O) groups is 2. The van der Waals surface area contributed by atoms with Crippen LogP contribution in [-0.2, 0) is 9.53 Å². The summed E-state index contributed by atoms with van der Waals surface area (Å²) in [6.07, 6.45) is 4.49. The number of carbonyl (C=O) groups excluding carboxylic acids is 2. The SMILES string of the molecule is CC(C)(C)OC(=O)N1C(C(=O)N[C@H]2CCC(c3ccccc3)C2)C[C@H]2C[C@@H]21. The van der Waals surface area contributed by atoms with Gasteiger partial charge in [-0.25, -0.2) is 4.79 Å². The van der Waals surface area contributed by atoms with Gasteiger partial charge in [-0.3, -0.25) is 9.69 Å². The number of nitrogens with one attached hydrogen (secondary N) is 1. The van der Waals surface area contributed by atoms with Gasteiger partial charge in [-0.15, -0.1) is 0 Å². The van der Waals surface area contributed by atoms with Crippen LogP contribution < -0.4 is 5.32 Å². The number of likely N-dealkylation sites (tertiary alicyclic amines) is 1. The lowest BCUT2D eigenvalue weighted by Crippen LogP contribution is -2.51. The minimum absolute atomic E-state index is 0.00762. The van der Waals surface area contributed by atoms with E-state index >= 15 is 0 Å². The number of benzene rings is 1. The number of ether oxygens (including phenoxy) is 1. The summed E-state index contributed by atoms with van der Waals surface area (Å²) < 4.78 is 5.55. The molecule has 2 amide bonds. The van der Waals surface area contributed by atoms with E-state index in [9.17, 15) is 9.59 Å². The van der Waals surface area contributed by atoms with E-state index in [2.05, 4.69) is 29.6 Å². The topological polar surface area (TPSA) is 58.6 Å². The number of rotatable bonds is 3. The Hall–Kier alpha value is -2.04. The quantitative estimate of drug-likeness (QED) is 0.879. The Kier molecular flexibility index (Phi) is 4.65. The van der Waals surface area contributed by atoms with Crippen LogP contribution in [0.15, 0.2) is 30.3 Å². The monoisotopic (exact) mass is 370 g/mol. The molecule has 1 aromatic rings. The highest BCUT2D eigenvalue weighted by Crippen LogP contribution is 2.48. The average molecular weight is 370 g/mol. The molecule has 0 radical (unpaired) electrons. The van der Waals surface area contributed by atoms with E-state index in [1.807, 2.05) is 26.8 Å². The molecule has 0 bridgehead atoms. The van der Waals surface area contributed by atoms with Gasteiger partial charge >= 0.3 is 6.09 Å². The lowest BCUT2D eigenvalue weighted by molar-refractivity contribution is -0.126. The second kappa shape index (κ2) is 6.84. The smallest absolute Gasteiger partial charge is 0.411 e. The molecule has 0 spiro atoms. The first-order chi connectivity index (χ1) is 12.8. The van der Waals surface area contributed by atoms with Crippen molar-refractivity contribution >= 4 is 12.0 Å².